The van der Waals surface area contributed by atoms with E-state index in [0.29, 0.717) is 17.6 Å². The van der Waals surface area contributed by atoms with Gasteiger partial charge in [-0.1, -0.05) is 188 Å². The third-order valence-electron chi connectivity index (χ3n) is 16.9. The highest BCUT2D eigenvalue weighted by atomic mass is 15.2. The molecule has 17 rings (SSSR count). The quantitative estimate of drug-likeness (QED) is 0.152. The van der Waals surface area contributed by atoms with E-state index in [-0.39, 0.29) is 0 Å². The number of rotatable bonds is 8. The summed E-state index contributed by atoms with van der Waals surface area (Å²) in [4.78, 5) is 15.4. The zero-order valence-electron chi connectivity index (χ0n) is 44.4. The molecule has 0 radical (unpaired) electrons. The lowest BCUT2D eigenvalue weighted by Gasteiger charge is -2.13. The fourth-order valence-corrected chi connectivity index (χ4v) is 13.2. The van der Waals surface area contributed by atoms with Crippen LogP contribution in [0.15, 0.2) is 279 Å². The number of nitrogens with zero attached hydrogens (tertiary/aromatic N) is 6. The Hall–Kier alpha value is -11.0. The highest BCUT2D eigenvalue weighted by Crippen LogP contribution is 2.47. The zero-order chi connectivity index (χ0) is 53.8. The fraction of sp³-hybridized carbons (Fsp3) is 0.0132. The molecule has 0 saturated heterocycles. The van der Waals surface area contributed by atoms with Crippen LogP contribution in [0, 0.1) is 0 Å². The van der Waals surface area contributed by atoms with Crippen LogP contribution in [-0.4, -0.2) is 28.7 Å². The van der Waals surface area contributed by atoms with Crippen molar-refractivity contribution < 1.29 is 0 Å². The summed E-state index contributed by atoms with van der Waals surface area (Å²) in [5, 5.41) is 7.21. The third-order valence-corrected chi connectivity index (χ3v) is 16.9. The van der Waals surface area contributed by atoms with E-state index in [2.05, 4.69) is 256 Å². The smallest absolute Gasteiger partial charge is 0.238 e. The van der Waals surface area contributed by atoms with Crippen LogP contribution in [0.3, 0.4) is 0 Å². The van der Waals surface area contributed by atoms with Gasteiger partial charge in [0.05, 0.1) is 33.1 Å². The maximum absolute atomic E-state index is 5.19. The second kappa shape index (κ2) is 18.3. The number of hydrogen-bond donors (Lipinski definition) is 0. The van der Waals surface area contributed by atoms with E-state index in [1.807, 2.05) is 36.4 Å². The maximum Gasteiger partial charge on any atom is 0.238 e. The van der Waals surface area contributed by atoms with Gasteiger partial charge in [0.2, 0.25) is 5.95 Å². The Bertz CT molecular complexity index is 5170. The number of para-hydroxylation sites is 4. The fourth-order valence-electron chi connectivity index (χ4n) is 13.2. The minimum Gasteiger partial charge on any atom is -0.309 e. The van der Waals surface area contributed by atoms with Crippen LogP contribution in [0.2, 0.25) is 0 Å². The van der Waals surface area contributed by atoms with E-state index < -0.39 is 0 Å². The molecule has 6 nitrogen and oxygen atoms in total. The SMILES string of the molecule is c1ccc(-c2nc(-c3ccccc3)nc(-n3c4ccccc4c4cc(-c5cccc6c5-c5cc(-c7ccc8c(c7)c7cc(-c9ccc%10c(c9)c9ccccc9n%10-c9ccccc9)ccc7n8-c7ccccc7)ccc5C6)ccc43)n2)cc1. The van der Waals surface area contributed by atoms with Gasteiger partial charge in [0.25, 0.3) is 0 Å². The molecule has 1 aliphatic rings. The molecule has 0 spiro atoms. The average molecular weight is 1050 g/mol. The van der Waals surface area contributed by atoms with Crippen molar-refractivity contribution in [3.63, 3.8) is 0 Å². The van der Waals surface area contributed by atoms with Gasteiger partial charge in [-0.2, -0.15) is 9.97 Å². The predicted molar refractivity (Wildman–Crippen MR) is 338 cm³/mol. The first kappa shape index (κ1) is 46.0. The molecule has 0 bridgehead atoms. The number of benzene rings is 12. The van der Waals surface area contributed by atoms with Crippen molar-refractivity contribution in [2.75, 3.05) is 0 Å². The Kier molecular flexibility index (Phi) is 10.3. The first-order valence-corrected chi connectivity index (χ1v) is 28.0. The second-order valence-electron chi connectivity index (χ2n) is 21.5. The summed E-state index contributed by atoms with van der Waals surface area (Å²) in [5.74, 6) is 1.84. The largest absolute Gasteiger partial charge is 0.309 e. The van der Waals surface area contributed by atoms with E-state index in [9.17, 15) is 0 Å². The Morgan fingerprint density at radius 3 is 1.18 bits per heavy atom. The second-order valence-corrected chi connectivity index (χ2v) is 21.5. The molecule has 0 atom stereocenters. The molecular weight excluding hydrogens is 997 g/mol. The van der Waals surface area contributed by atoms with Gasteiger partial charge in [0.1, 0.15) is 0 Å². The molecule has 4 aromatic heterocycles. The summed E-state index contributed by atoms with van der Waals surface area (Å²) < 4.78 is 7.00. The normalized spacial score (nSPS) is 12.1. The Labute approximate surface area is 472 Å². The molecule has 16 aromatic rings. The minimum atomic E-state index is 0.582. The van der Waals surface area contributed by atoms with E-state index >= 15 is 0 Å². The molecule has 0 aliphatic heterocycles. The maximum atomic E-state index is 5.19. The predicted octanol–water partition coefficient (Wildman–Crippen LogP) is 19.1. The summed E-state index contributed by atoms with van der Waals surface area (Å²) in [5.41, 5.74) is 23.4. The van der Waals surface area contributed by atoms with Crippen molar-refractivity contribution in [3.05, 3.63) is 290 Å². The van der Waals surface area contributed by atoms with Crippen LogP contribution in [0.25, 0.3) is 150 Å². The summed E-state index contributed by atoms with van der Waals surface area (Å²) in [6.07, 6.45) is 0.887. The van der Waals surface area contributed by atoms with E-state index in [0.717, 1.165) is 50.7 Å². The molecule has 4 heterocycles. The van der Waals surface area contributed by atoms with Gasteiger partial charge in [-0.15, -0.1) is 0 Å². The lowest BCUT2D eigenvalue weighted by atomic mass is 9.92. The summed E-state index contributed by atoms with van der Waals surface area (Å²) in [7, 11) is 0. The molecule has 0 fully saturated rings. The molecule has 1 aliphatic carbocycles. The van der Waals surface area contributed by atoms with E-state index in [4.69, 9.17) is 15.0 Å². The van der Waals surface area contributed by atoms with Crippen LogP contribution < -0.4 is 0 Å². The van der Waals surface area contributed by atoms with Crippen molar-refractivity contribution in [1.82, 2.24) is 28.7 Å². The molecule has 82 heavy (non-hydrogen) atoms. The van der Waals surface area contributed by atoms with Gasteiger partial charge < -0.3 is 9.13 Å². The van der Waals surface area contributed by atoms with Crippen LogP contribution >= 0.6 is 0 Å². The lowest BCUT2D eigenvalue weighted by Crippen LogP contribution is -2.06. The van der Waals surface area contributed by atoms with Crippen LogP contribution in [0.4, 0.5) is 0 Å². The molecule has 0 N–H and O–H groups in total. The van der Waals surface area contributed by atoms with Crippen LogP contribution in [0.5, 0.6) is 0 Å². The first-order valence-electron chi connectivity index (χ1n) is 28.0. The molecular formula is C76H48N6. The van der Waals surface area contributed by atoms with Crippen molar-refractivity contribution in [3.8, 4) is 84.6 Å². The molecule has 0 unspecified atom stereocenters. The Morgan fingerprint density at radius 2 is 0.646 bits per heavy atom. The zero-order valence-corrected chi connectivity index (χ0v) is 44.4. The molecule has 6 heteroatoms. The Balaban J connectivity index is 0.782. The lowest BCUT2D eigenvalue weighted by molar-refractivity contribution is 0.953. The van der Waals surface area contributed by atoms with Gasteiger partial charge in [0, 0.05) is 54.8 Å². The van der Waals surface area contributed by atoms with Crippen molar-refractivity contribution in [1.29, 1.82) is 0 Å². The van der Waals surface area contributed by atoms with Crippen molar-refractivity contribution in [2.24, 2.45) is 0 Å². The topological polar surface area (TPSA) is 53.5 Å². The highest BCUT2D eigenvalue weighted by molar-refractivity contribution is 6.14. The number of fused-ring (bicyclic) bond motifs is 12. The summed E-state index contributed by atoms with van der Waals surface area (Å²) in [6, 6.07) is 101. The summed E-state index contributed by atoms with van der Waals surface area (Å²) in [6.45, 7) is 0. The van der Waals surface area contributed by atoms with Gasteiger partial charge in [-0.25, -0.2) is 4.98 Å². The van der Waals surface area contributed by atoms with E-state index in [1.165, 1.54) is 99.2 Å². The highest BCUT2D eigenvalue weighted by Gasteiger charge is 2.25. The molecule has 0 saturated carbocycles. The van der Waals surface area contributed by atoms with Gasteiger partial charge in [-0.05, 0) is 153 Å². The van der Waals surface area contributed by atoms with Crippen molar-refractivity contribution >= 4 is 65.4 Å². The monoisotopic (exact) mass is 1040 g/mol. The minimum absolute atomic E-state index is 0.582. The number of aromatic nitrogens is 6. The van der Waals surface area contributed by atoms with Gasteiger partial charge >= 0.3 is 0 Å². The van der Waals surface area contributed by atoms with Crippen LogP contribution in [-0.2, 0) is 6.42 Å². The number of hydrogen-bond acceptors (Lipinski definition) is 3. The standard InChI is InChI=1S/C76H48N6/c1-5-18-48(19-6-1)74-77-75(49-20-7-2-8-21-49)79-76(78-74)82-68-31-16-14-28-61(68)64-47-55(37-41-72(64)82)59-29-17-22-56-42-54-33-32-50(43-62(54)73(56)59)52-35-39-70-65(45-52)66-46-53(36-40-71(66)81(70)58-25-11-4-12-26-58)51-34-38-69-63(44-51)60-27-13-15-30-67(60)80(69)57-23-9-3-10-24-57/h1-41,43-47H,42H2. The van der Waals surface area contributed by atoms with E-state index in [1.54, 1.807) is 0 Å². The first-order chi connectivity index (χ1) is 40.6. The van der Waals surface area contributed by atoms with Gasteiger partial charge in [0.15, 0.2) is 11.6 Å². The van der Waals surface area contributed by atoms with Crippen molar-refractivity contribution in [2.45, 2.75) is 6.42 Å². The average Bonchev–Trinajstić information content (AvgIpc) is 3.53. The summed E-state index contributed by atoms with van der Waals surface area (Å²) >= 11 is 0. The Morgan fingerprint density at radius 1 is 0.244 bits per heavy atom. The van der Waals surface area contributed by atoms with Gasteiger partial charge in [-0.3, -0.25) is 4.57 Å². The molecule has 0 amide bonds. The molecule has 12 aromatic carbocycles. The van der Waals surface area contributed by atoms with Crippen LogP contribution in [0.1, 0.15) is 11.1 Å². The molecule has 382 valence electrons. The third kappa shape index (κ3) is 7.25.